The lowest BCUT2D eigenvalue weighted by Crippen LogP contribution is -2.07. The zero-order valence-electron chi connectivity index (χ0n) is 9.16. The van der Waals surface area contributed by atoms with Crippen molar-refractivity contribution in [2.75, 3.05) is 12.4 Å². The first-order valence-electron chi connectivity index (χ1n) is 5.07. The molecule has 0 unspecified atom stereocenters. The van der Waals surface area contributed by atoms with E-state index in [2.05, 4.69) is 0 Å². The SMILES string of the molecule is CCCOC(=O)CSc1ccc(C)cc1. The monoisotopic (exact) mass is 224 g/mol. The molecular weight excluding hydrogens is 208 g/mol. The Morgan fingerprint density at radius 3 is 2.60 bits per heavy atom. The Labute approximate surface area is 95.0 Å². The fraction of sp³-hybridized carbons (Fsp3) is 0.417. The van der Waals surface area contributed by atoms with Crippen molar-refractivity contribution in [1.29, 1.82) is 0 Å². The van der Waals surface area contributed by atoms with Crippen LogP contribution in [0.1, 0.15) is 18.9 Å². The Hall–Kier alpha value is -0.960. The van der Waals surface area contributed by atoms with Crippen LogP contribution in [0.3, 0.4) is 0 Å². The summed E-state index contributed by atoms with van der Waals surface area (Å²) in [7, 11) is 0. The molecule has 0 saturated carbocycles. The number of hydrogen-bond donors (Lipinski definition) is 0. The molecule has 1 aromatic carbocycles. The molecule has 0 bridgehead atoms. The second-order valence-electron chi connectivity index (χ2n) is 3.32. The highest BCUT2D eigenvalue weighted by Crippen LogP contribution is 2.18. The van der Waals surface area contributed by atoms with Crippen LogP contribution in [0, 0.1) is 6.92 Å². The molecule has 0 radical (unpaired) electrons. The van der Waals surface area contributed by atoms with Crippen molar-refractivity contribution in [2.24, 2.45) is 0 Å². The summed E-state index contributed by atoms with van der Waals surface area (Å²) < 4.78 is 4.98. The molecule has 0 spiro atoms. The van der Waals surface area contributed by atoms with E-state index < -0.39 is 0 Å². The molecule has 0 N–H and O–H groups in total. The third-order valence-corrected chi connectivity index (χ3v) is 2.83. The van der Waals surface area contributed by atoms with E-state index in [0.29, 0.717) is 12.4 Å². The number of carbonyl (C=O) groups is 1. The summed E-state index contributed by atoms with van der Waals surface area (Å²) in [4.78, 5) is 12.3. The molecular formula is C12H16O2S. The first kappa shape index (κ1) is 12.1. The van der Waals surface area contributed by atoms with Gasteiger partial charge in [0.2, 0.25) is 0 Å². The van der Waals surface area contributed by atoms with Crippen LogP contribution in [0.2, 0.25) is 0 Å². The van der Waals surface area contributed by atoms with Crippen LogP contribution in [0.4, 0.5) is 0 Å². The van der Waals surface area contributed by atoms with Crippen molar-refractivity contribution < 1.29 is 9.53 Å². The predicted octanol–water partition coefficient (Wildman–Crippen LogP) is 3.04. The van der Waals surface area contributed by atoms with Crippen molar-refractivity contribution in [1.82, 2.24) is 0 Å². The number of hydrogen-bond acceptors (Lipinski definition) is 3. The maximum absolute atomic E-state index is 11.2. The molecule has 0 amide bonds. The Morgan fingerprint density at radius 2 is 2.00 bits per heavy atom. The first-order valence-corrected chi connectivity index (χ1v) is 6.06. The summed E-state index contributed by atoms with van der Waals surface area (Å²) in [5.41, 5.74) is 1.23. The summed E-state index contributed by atoms with van der Waals surface area (Å²) in [6.45, 7) is 4.55. The minimum absolute atomic E-state index is 0.137. The van der Waals surface area contributed by atoms with E-state index >= 15 is 0 Å². The van der Waals surface area contributed by atoms with Crippen molar-refractivity contribution in [3.8, 4) is 0 Å². The number of ether oxygens (including phenoxy) is 1. The smallest absolute Gasteiger partial charge is 0.316 e. The zero-order chi connectivity index (χ0) is 11.1. The molecule has 0 aliphatic carbocycles. The number of carbonyl (C=O) groups excluding carboxylic acids is 1. The summed E-state index contributed by atoms with van der Waals surface area (Å²) in [6.07, 6.45) is 0.876. The topological polar surface area (TPSA) is 26.3 Å². The van der Waals surface area contributed by atoms with Crippen molar-refractivity contribution >= 4 is 17.7 Å². The maximum atomic E-state index is 11.2. The van der Waals surface area contributed by atoms with E-state index in [-0.39, 0.29) is 5.97 Å². The first-order chi connectivity index (χ1) is 7.22. The van der Waals surface area contributed by atoms with Gasteiger partial charge in [0.25, 0.3) is 0 Å². The molecule has 15 heavy (non-hydrogen) atoms. The largest absolute Gasteiger partial charge is 0.465 e. The lowest BCUT2D eigenvalue weighted by molar-refractivity contribution is -0.140. The van der Waals surface area contributed by atoms with E-state index in [0.717, 1.165) is 11.3 Å². The van der Waals surface area contributed by atoms with Crippen LogP contribution in [0.25, 0.3) is 0 Å². The number of rotatable bonds is 5. The van der Waals surface area contributed by atoms with Crippen molar-refractivity contribution in [2.45, 2.75) is 25.2 Å². The zero-order valence-corrected chi connectivity index (χ0v) is 9.97. The normalized spacial score (nSPS) is 10.0. The molecule has 0 aromatic heterocycles. The van der Waals surface area contributed by atoms with E-state index in [1.165, 1.54) is 17.3 Å². The Morgan fingerprint density at radius 1 is 1.33 bits per heavy atom. The molecule has 3 heteroatoms. The highest BCUT2D eigenvalue weighted by atomic mass is 32.2. The van der Waals surface area contributed by atoms with Gasteiger partial charge in [-0.3, -0.25) is 4.79 Å². The molecule has 2 nitrogen and oxygen atoms in total. The molecule has 1 aromatic rings. The van der Waals surface area contributed by atoms with Crippen molar-refractivity contribution in [3.05, 3.63) is 29.8 Å². The van der Waals surface area contributed by atoms with Gasteiger partial charge in [0, 0.05) is 4.90 Å². The summed E-state index contributed by atoms with van der Waals surface area (Å²) in [6, 6.07) is 8.12. The highest BCUT2D eigenvalue weighted by Gasteiger charge is 2.02. The summed E-state index contributed by atoms with van der Waals surface area (Å²) in [5, 5.41) is 0. The second-order valence-corrected chi connectivity index (χ2v) is 4.37. The van der Waals surface area contributed by atoms with Crippen LogP contribution in [-0.2, 0) is 9.53 Å². The van der Waals surface area contributed by atoms with Gasteiger partial charge in [-0.15, -0.1) is 11.8 Å². The van der Waals surface area contributed by atoms with Gasteiger partial charge in [-0.05, 0) is 25.5 Å². The van der Waals surface area contributed by atoms with Gasteiger partial charge < -0.3 is 4.74 Å². The van der Waals surface area contributed by atoms with Crippen LogP contribution in [0.15, 0.2) is 29.2 Å². The van der Waals surface area contributed by atoms with E-state index in [9.17, 15) is 4.79 Å². The standard InChI is InChI=1S/C12H16O2S/c1-3-8-14-12(13)9-15-11-6-4-10(2)5-7-11/h4-7H,3,8-9H2,1-2H3. The highest BCUT2D eigenvalue weighted by molar-refractivity contribution is 8.00. The van der Waals surface area contributed by atoms with Crippen LogP contribution in [-0.4, -0.2) is 18.3 Å². The molecule has 1 rings (SSSR count). The summed E-state index contributed by atoms with van der Waals surface area (Å²) >= 11 is 1.51. The molecule has 0 heterocycles. The van der Waals surface area contributed by atoms with Crippen molar-refractivity contribution in [3.63, 3.8) is 0 Å². The molecule has 82 valence electrons. The molecule has 0 fully saturated rings. The van der Waals surface area contributed by atoms with Gasteiger partial charge in [0.05, 0.1) is 12.4 Å². The third kappa shape index (κ3) is 4.88. The lowest BCUT2D eigenvalue weighted by atomic mass is 10.2. The average molecular weight is 224 g/mol. The number of aryl methyl sites for hydroxylation is 1. The number of esters is 1. The van der Waals surface area contributed by atoms with Gasteiger partial charge in [0.1, 0.15) is 0 Å². The fourth-order valence-electron chi connectivity index (χ4n) is 1.03. The predicted molar refractivity (Wildman–Crippen MR) is 63.2 cm³/mol. The van der Waals surface area contributed by atoms with E-state index in [1.807, 2.05) is 38.1 Å². The maximum Gasteiger partial charge on any atom is 0.316 e. The lowest BCUT2D eigenvalue weighted by Gasteiger charge is -2.03. The quantitative estimate of drug-likeness (QED) is 0.568. The Kier molecular flexibility index (Phi) is 5.26. The summed E-state index contributed by atoms with van der Waals surface area (Å²) in [5.74, 6) is 0.255. The van der Waals surface area contributed by atoms with Gasteiger partial charge in [-0.2, -0.15) is 0 Å². The minimum Gasteiger partial charge on any atom is -0.465 e. The van der Waals surface area contributed by atoms with Gasteiger partial charge >= 0.3 is 5.97 Å². The van der Waals surface area contributed by atoms with Gasteiger partial charge in [-0.1, -0.05) is 24.6 Å². The van der Waals surface area contributed by atoms with E-state index in [4.69, 9.17) is 4.74 Å². The number of thioether (sulfide) groups is 1. The third-order valence-electron chi connectivity index (χ3n) is 1.84. The minimum atomic E-state index is -0.137. The van der Waals surface area contributed by atoms with Crippen LogP contribution >= 0.6 is 11.8 Å². The van der Waals surface area contributed by atoms with E-state index in [1.54, 1.807) is 0 Å². The second kappa shape index (κ2) is 6.51. The Bertz CT molecular complexity index is 306. The Balaban J connectivity index is 2.30. The van der Waals surface area contributed by atoms with Gasteiger partial charge in [0.15, 0.2) is 0 Å². The molecule has 0 aliphatic heterocycles. The molecule has 0 saturated heterocycles. The molecule has 0 atom stereocenters. The fourth-order valence-corrected chi connectivity index (χ4v) is 1.73. The van der Waals surface area contributed by atoms with Crippen LogP contribution in [0.5, 0.6) is 0 Å². The average Bonchev–Trinajstić information content (AvgIpc) is 2.25. The number of benzene rings is 1. The van der Waals surface area contributed by atoms with Crippen LogP contribution < -0.4 is 0 Å². The molecule has 0 aliphatic rings. The van der Waals surface area contributed by atoms with Gasteiger partial charge in [-0.25, -0.2) is 0 Å².